The molecule has 0 amide bonds. The van der Waals surface area contributed by atoms with E-state index in [1.165, 1.54) is 18.2 Å². The smallest absolute Gasteiger partial charge is 0.191 e. The van der Waals surface area contributed by atoms with Crippen LogP contribution in [0.5, 0.6) is 0 Å². The summed E-state index contributed by atoms with van der Waals surface area (Å²) in [5.74, 6) is -0.217. The highest BCUT2D eigenvalue weighted by Crippen LogP contribution is 2.43. The number of hydrogen-bond donors (Lipinski definition) is 2. The van der Waals surface area contributed by atoms with Gasteiger partial charge in [-0.1, -0.05) is 31.3 Å². The van der Waals surface area contributed by atoms with Crippen LogP contribution in [0.25, 0.3) is 0 Å². The predicted octanol–water partition coefficient (Wildman–Crippen LogP) is 3.16. The Morgan fingerprint density at radius 3 is 2.64 bits per heavy atom. The number of aliphatic imine (C=N–C) groups is 1. The number of nitrogens with zero attached hydrogens (tertiary/aromatic N) is 3. The zero-order valence-electron chi connectivity index (χ0n) is 14.4. The third kappa shape index (κ3) is 4.12. The number of rotatable bonds is 5. The van der Waals surface area contributed by atoms with Gasteiger partial charge in [0.2, 0.25) is 0 Å². The molecule has 8 heteroatoms. The molecule has 134 valence electrons. The zero-order valence-corrected chi connectivity index (χ0v) is 15.2. The molecule has 1 aromatic heterocycles. The minimum atomic E-state index is -0.493. The second-order valence-corrected chi connectivity index (χ2v) is 7.44. The van der Waals surface area contributed by atoms with E-state index < -0.39 is 11.6 Å². The summed E-state index contributed by atoms with van der Waals surface area (Å²) in [6.07, 6.45) is 0.675. The summed E-state index contributed by atoms with van der Waals surface area (Å²) in [5.41, 5.74) is 0.154. The van der Waals surface area contributed by atoms with Crippen LogP contribution in [-0.2, 0) is 6.54 Å². The molecule has 0 bridgehead atoms. The van der Waals surface area contributed by atoms with Crippen molar-refractivity contribution in [1.82, 2.24) is 20.8 Å². The summed E-state index contributed by atoms with van der Waals surface area (Å²) in [6, 6.07) is 3.94. The molecule has 2 aromatic rings. The van der Waals surface area contributed by atoms with Crippen molar-refractivity contribution in [3.8, 4) is 0 Å². The first-order chi connectivity index (χ1) is 12.0. The van der Waals surface area contributed by atoms with Crippen molar-refractivity contribution in [3.05, 3.63) is 45.4 Å². The van der Waals surface area contributed by atoms with Gasteiger partial charge in [-0.2, -0.15) is 0 Å². The van der Waals surface area contributed by atoms with Crippen LogP contribution in [-0.4, -0.2) is 29.2 Å². The van der Waals surface area contributed by atoms with Crippen LogP contribution in [0, 0.1) is 11.6 Å². The third-order valence-electron chi connectivity index (χ3n) is 4.09. The van der Waals surface area contributed by atoms with Crippen LogP contribution in [0.15, 0.2) is 23.2 Å². The van der Waals surface area contributed by atoms with Crippen molar-refractivity contribution in [3.63, 3.8) is 0 Å². The van der Waals surface area contributed by atoms with E-state index in [2.05, 4.69) is 39.7 Å². The van der Waals surface area contributed by atoms with Crippen LogP contribution in [0.1, 0.15) is 47.7 Å². The molecule has 1 heterocycles. The van der Waals surface area contributed by atoms with Gasteiger partial charge in [0, 0.05) is 30.5 Å². The van der Waals surface area contributed by atoms with Gasteiger partial charge in [0.25, 0.3) is 0 Å². The van der Waals surface area contributed by atoms with E-state index in [9.17, 15) is 8.78 Å². The number of halogens is 2. The lowest BCUT2D eigenvalue weighted by atomic mass is 10.1. The molecule has 2 unspecified atom stereocenters. The average molecular weight is 365 g/mol. The molecular weight excluding hydrogens is 344 g/mol. The van der Waals surface area contributed by atoms with Crippen molar-refractivity contribution in [1.29, 1.82) is 0 Å². The first kappa shape index (κ1) is 17.7. The lowest BCUT2D eigenvalue weighted by Gasteiger charge is -2.11. The van der Waals surface area contributed by atoms with E-state index in [-0.39, 0.29) is 17.5 Å². The molecule has 2 N–H and O–H groups in total. The van der Waals surface area contributed by atoms with Gasteiger partial charge in [0.15, 0.2) is 5.96 Å². The van der Waals surface area contributed by atoms with Gasteiger partial charge in [-0.05, 0) is 18.6 Å². The second-order valence-electron chi connectivity index (χ2n) is 6.34. The molecule has 1 saturated carbocycles. The topological polar surface area (TPSA) is 62.2 Å². The van der Waals surface area contributed by atoms with Gasteiger partial charge < -0.3 is 10.6 Å². The van der Waals surface area contributed by atoms with Crippen LogP contribution in [0.2, 0.25) is 0 Å². The van der Waals surface area contributed by atoms with Crippen LogP contribution in [0.3, 0.4) is 0 Å². The highest BCUT2D eigenvalue weighted by Gasteiger charge is 2.42. The molecule has 1 aromatic carbocycles. The number of guanidine groups is 1. The molecule has 0 aliphatic heterocycles. The van der Waals surface area contributed by atoms with E-state index in [0.717, 1.165) is 10.0 Å². The lowest BCUT2D eigenvalue weighted by Crippen LogP contribution is -2.38. The first-order valence-electron chi connectivity index (χ1n) is 8.23. The minimum absolute atomic E-state index is 0.0294. The monoisotopic (exact) mass is 365 g/mol. The summed E-state index contributed by atoms with van der Waals surface area (Å²) < 4.78 is 27.7. The predicted molar refractivity (Wildman–Crippen MR) is 94.8 cm³/mol. The normalized spacial score (nSPS) is 20.0. The van der Waals surface area contributed by atoms with Crippen LogP contribution in [0.4, 0.5) is 8.78 Å². The fourth-order valence-electron chi connectivity index (χ4n) is 2.64. The minimum Gasteiger partial charge on any atom is -0.353 e. The Balaban J connectivity index is 1.55. The maximum atomic E-state index is 13.8. The summed E-state index contributed by atoms with van der Waals surface area (Å²) >= 11 is 1.56. The van der Waals surface area contributed by atoms with E-state index in [1.54, 1.807) is 18.4 Å². The average Bonchev–Trinajstić information content (AvgIpc) is 3.14. The van der Waals surface area contributed by atoms with Crippen molar-refractivity contribution in [2.45, 2.75) is 44.7 Å². The molecule has 0 saturated heterocycles. The standard InChI is InChI=1S/C17H21F2N5S/c1-9(2)16-24-23-14(25-16)8-21-17(20-3)22-13-7-10(13)15-11(18)5-4-6-12(15)19/h4-6,9-10,13H,7-8H2,1-3H3,(H2,20,21,22). The highest BCUT2D eigenvalue weighted by molar-refractivity contribution is 7.11. The van der Waals surface area contributed by atoms with E-state index in [0.29, 0.717) is 24.8 Å². The van der Waals surface area contributed by atoms with E-state index >= 15 is 0 Å². The van der Waals surface area contributed by atoms with E-state index in [1.807, 2.05) is 0 Å². The molecule has 1 aliphatic rings. The van der Waals surface area contributed by atoms with Crippen molar-refractivity contribution < 1.29 is 8.78 Å². The molecule has 25 heavy (non-hydrogen) atoms. The number of nitrogens with one attached hydrogen (secondary N) is 2. The fraction of sp³-hybridized carbons (Fsp3) is 0.471. The van der Waals surface area contributed by atoms with Gasteiger partial charge in [-0.15, -0.1) is 10.2 Å². The fourth-order valence-corrected chi connectivity index (χ4v) is 3.42. The Kier molecular flexibility index (Phi) is 5.27. The first-order valence-corrected chi connectivity index (χ1v) is 9.04. The maximum absolute atomic E-state index is 13.8. The Bertz CT molecular complexity index is 754. The molecular formula is C17H21F2N5S. The molecule has 1 aliphatic carbocycles. The third-order valence-corrected chi connectivity index (χ3v) is 5.31. The Hall–Kier alpha value is -2.09. The number of benzene rings is 1. The summed E-state index contributed by atoms with van der Waals surface area (Å²) in [7, 11) is 1.66. The van der Waals surface area contributed by atoms with Gasteiger partial charge in [0.1, 0.15) is 21.6 Å². The molecule has 1 fully saturated rings. The van der Waals surface area contributed by atoms with Gasteiger partial charge >= 0.3 is 0 Å². The molecule has 2 atom stereocenters. The Labute approximate surface area is 149 Å². The van der Waals surface area contributed by atoms with Crippen LogP contribution >= 0.6 is 11.3 Å². The molecule has 3 rings (SSSR count). The van der Waals surface area contributed by atoms with Gasteiger partial charge in [0.05, 0.1) is 6.54 Å². The summed E-state index contributed by atoms with van der Waals surface area (Å²) in [5, 5.41) is 16.5. The van der Waals surface area contributed by atoms with Gasteiger partial charge in [-0.25, -0.2) is 8.78 Å². The Morgan fingerprint density at radius 1 is 1.32 bits per heavy atom. The van der Waals surface area contributed by atoms with Crippen molar-refractivity contribution in [2.75, 3.05) is 7.05 Å². The number of hydrogen-bond acceptors (Lipinski definition) is 4. The maximum Gasteiger partial charge on any atom is 0.191 e. The van der Waals surface area contributed by atoms with Gasteiger partial charge in [-0.3, -0.25) is 4.99 Å². The SMILES string of the molecule is CN=C(NCc1nnc(C(C)C)s1)NC1CC1c1c(F)cccc1F. The second kappa shape index (κ2) is 7.43. The van der Waals surface area contributed by atoms with Crippen molar-refractivity contribution in [2.24, 2.45) is 4.99 Å². The molecule has 0 radical (unpaired) electrons. The summed E-state index contributed by atoms with van der Waals surface area (Å²) in [6.45, 7) is 4.66. The van der Waals surface area contributed by atoms with Crippen LogP contribution < -0.4 is 10.6 Å². The quantitative estimate of drug-likeness (QED) is 0.631. The number of aromatic nitrogens is 2. The molecule has 0 spiro atoms. The largest absolute Gasteiger partial charge is 0.353 e. The highest BCUT2D eigenvalue weighted by atomic mass is 32.1. The lowest BCUT2D eigenvalue weighted by molar-refractivity contribution is 0.553. The van der Waals surface area contributed by atoms with E-state index in [4.69, 9.17) is 0 Å². The molecule has 5 nitrogen and oxygen atoms in total. The zero-order chi connectivity index (χ0) is 18.0. The summed E-state index contributed by atoms with van der Waals surface area (Å²) in [4.78, 5) is 4.16. The Morgan fingerprint density at radius 2 is 2.04 bits per heavy atom. The van der Waals surface area contributed by atoms with Crippen molar-refractivity contribution >= 4 is 17.3 Å².